The van der Waals surface area contributed by atoms with Gasteiger partial charge in [0.2, 0.25) is 0 Å². The summed E-state index contributed by atoms with van der Waals surface area (Å²) in [6.07, 6.45) is 0. The third kappa shape index (κ3) is 4.23. The van der Waals surface area contributed by atoms with Crippen LogP contribution in [-0.2, 0) is 14.8 Å². The fourth-order valence-corrected chi connectivity index (χ4v) is 2.08. The lowest BCUT2D eigenvalue weighted by atomic mass is 10.2. The molecule has 0 aliphatic carbocycles. The van der Waals surface area contributed by atoms with Crippen LogP contribution in [0.2, 0.25) is 0 Å². The van der Waals surface area contributed by atoms with Gasteiger partial charge in [0.1, 0.15) is 5.03 Å². The fraction of sp³-hybridized carbons (Fsp3) is 0.182. The summed E-state index contributed by atoms with van der Waals surface area (Å²) in [5.74, 6) is -1.35. The molecule has 0 saturated carbocycles. The Kier molecular flexibility index (Phi) is 4.93. The Labute approximate surface area is 116 Å². The molecule has 8 heteroatoms. The maximum atomic E-state index is 11.9. The van der Waals surface area contributed by atoms with Crippen molar-refractivity contribution < 1.29 is 18.3 Å². The number of hydrazine groups is 1. The van der Waals surface area contributed by atoms with Crippen LogP contribution in [0, 0.1) is 6.92 Å². The van der Waals surface area contributed by atoms with Gasteiger partial charge < -0.3 is 10.5 Å². The van der Waals surface area contributed by atoms with Gasteiger partial charge in [0, 0.05) is 0 Å². The zero-order valence-corrected chi connectivity index (χ0v) is 11.8. The number of nitrogens with one attached hydrogen (secondary N) is 2. The number of carboxylic acid groups (broad SMARTS) is 1. The molecule has 0 aliphatic heterocycles. The third-order valence-corrected chi connectivity index (χ3v) is 3.93. The molecule has 0 atom stereocenters. The standard InChI is InChI=1S/C11H13ClN2O4S/c1-7-3-5-9(6-4-7)19(17,18)14-13-8(2)10(12)11(15)16/h3-6,13-14H,1-2H3,(H,15,16). The normalized spacial score (nSPS) is 12.8. The number of carboxylic acids is 1. The second-order valence-electron chi connectivity index (χ2n) is 3.79. The van der Waals surface area contributed by atoms with Crippen molar-refractivity contribution in [2.24, 2.45) is 0 Å². The number of aryl methyl sites for hydroxylation is 1. The molecule has 1 aromatic carbocycles. The summed E-state index contributed by atoms with van der Waals surface area (Å²) in [6, 6.07) is 6.19. The zero-order valence-electron chi connectivity index (χ0n) is 10.3. The molecular formula is C11H13ClN2O4S. The van der Waals surface area contributed by atoms with Crippen LogP contribution in [0.3, 0.4) is 0 Å². The van der Waals surface area contributed by atoms with Crippen molar-refractivity contribution in [3.63, 3.8) is 0 Å². The molecule has 104 valence electrons. The minimum atomic E-state index is -3.78. The van der Waals surface area contributed by atoms with Crippen molar-refractivity contribution in [3.05, 3.63) is 40.6 Å². The van der Waals surface area contributed by atoms with Crippen molar-refractivity contribution >= 4 is 27.6 Å². The van der Waals surface area contributed by atoms with Gasteiger partial charge in [0.25, 0.3) is 10.0 Å². The second-order valence-corrected chi connectivity index (χ2v) is 5.85. The van der Waals surface area contributed by atoms with E-state index in [0.717, 1.165) is 5.56 Å². The van der Waals surface area contributed by atoms with Crippen molar-refractivity contribution in [2.45, 2.75) is 18.7 Å². The van der Waals surface area contributed by atoms with E-state index in [-0.39, 0.29) is 10.6 Å². The van der Waals surface area contributed by atoms with E-state index in [0.29, 0.717) is 0 Å². The van der Waals surface area contributed by atoms with Crippen LogP contribution in [0.4, 0.5) is 0 Å². The number of rotatable bonds is 5. The molecule has 0 amide bonds. The Bertz CT molecular complexity index is 608. The van der Waals surface area contributed by atoms with Crippen molar-refractivity contribution in [3.8, 4) is 0 Å². The molecule has 0 aromatic heterocycles. The van der Waals surface area contributed by atoms with Gasteiger partial charge in [-0.05, 0) is 26.0 Å². The number of aliphatic carboxylic acids is 1. The molecule has 1 aromatic rings. The van der Waals surface area contributed by atoms with Gasteiger partial charge in [-0.3, -0.25) is 0 Å². The number of carbonyl (C=O) groups is 1. The average molecular weight is 305 g/mol. The number of allylic oxidation sites excluding steroid dienone is 1. The predicted octanol–water partition coefficient (Wildman–Crippen LogP) is 1.33. The van der Waals surface area contributed by atoms with Gasteiger partial charge in [0.05, 0.1) is 10.6 Å². The van der Waals surface area contributed by atoms with Crippen molar-refractivity contribution in [1.82, 2.24) is 10.3 Å². The fourth-order valence-electron chi connectivity index (χ4n) is 1.14. The van der Waals surface area contributed by atoms with Gasteiger partial charge in [-0.25, -0.2) is 13.2 Å². The first-order chi connectivity index (χ1) is 8.74. The quantitative estimate of drug-likeness (QED) is 0.563. The van der Waals surface area contributed by atoms with E-state index in [1.807, 2.05) is 11.8 Å². The highest BCUT2D eigenvalue weighted by Gasteiger charge is 2.14. The number of hydrogen-bond donors (Lipinski definition) is 3. The topological polar surface area (TPSA) is 95.5 Å². The van der Waals surface area contributed by atoms with Gasteiger partial charge in [0.15, 0.2) is 0 Å². The van der Waals surface area contributed by atoms with E-state index in [1.165, 1.54) is 19.1 Å². The number of hydrogen-bond acceptors (Lipinski definition) is 4. The molecule has 1 rings (SSSR count). The summed E-state index contributed by atoms with van der Waals surface area (Å²) in [7, 11) is -3.78. The largest absolute Gasteiger partial charge is 0.477 e. The molecule has 0 saturated heterocycles. The molecule has 19 heavy (non-hydrogen) atoms. The molecule has 0 bridgehead atoms. The van der Waals surface area contributed by atoms with Gasteiger partial charge in [-0.1, -0.05) is 29.3 Å². The van der Waals surface area contributed by atoms with E-state index in [2.05, 4.69) is 5.43 Å². The minimum Gasteiger partial charge on any atom is -0.477 e. The van der Waals surface area contributed by atoms with Gasteiger partial charge in [-0.15, -0.1) is 4.83 Å². The minimum absolute atomic E-state index is 0.00940. The van der Waals surface area contributed by atoms with E-state index in [4.69, 9.17) is 16.7 Å². The smallest absolute Gasteiger partial charge is 0.349 e. The average Bonchev–Trinajstić information content (AvgIpc) is 2.35. The number of sulfonamides is 1. The summed E-state index contributed by atoms with van der Waals surface area (Å²) in [5.41, 5.74) is 3.16. The Morgan fingerprint density at radius 2 is 1.79 bits per heavy atom. The Morgan fingerprint density at radius 3 is 2.26 bits per heavy atom. The number of halogens is 1. The SMILES string of the molecule is CC(NNS(=O)(=O)c1ccc(C)cc1)=C(Cl)C(=O)O. The van der Waals surface area contributed by atoms with Crippen LogP contribution >= 0.6 is 11.6 Å². The van der Waals surface area contributed by atoms with Gasteiger partial charge >= 0.3 is 5.97 Å². The molecule has 0 aliphatic rings. The summed E-state index contributed by atoms with van der Waals surface area (Å²) in [4.78, 5) is 12.7. The van der Waals surface area contributed by atoms with Crippen LogP contribution in [0.15, 0.2) is 39.9 Å². The van der Waals surface area contributed by atoms with E-state index >= 15 is 0 Å². The predicted molar refractivity (Wildman–Crippen MR) is 70.8 cm³/mol. The van der Waals surface area contributed by atoms with Crippen molar-refractivity contribution in [2.75, 3.05) is 0 Å². The Balaban J connectivity index is 2.85. The number of benzene rings is 1. The molecule has 0 unspecified atom stereocenters. The first-order valence-corrected chi connectivity index (χ1v) is 7.04. The zero-order chi connectivity index (χ0) is 14.6. The van der Waals surface area contributed by atoms with Crippen LogP contribution in [-0.4, -0.2) is 19.5 Å². The molecule has 0 radical (unpaired) electrons. The second kappa shape index (κ2) is 6.05. The molecule has 0 spiro atoms. The molecule has 0 heterocycles. The third-order valence-electron chi connectivity index (χ3n) is 2.22. The first-order valence-electron chi connectivity index (χ1n) is 5.18. The summed E-state index contributed by atoms with van der Waals surface area (Å²) >= 11 is 5.44. The Morgan fingerprint density at radius 1 is 1.26 bits per heavy atom. The highest BCUT2D eigenvalue weighted by Crippen LogP contribution is 2.10. The highest BCUT2D eigenvalue weighted by molar-refractivity contribution is 7.89. The molecular weight excluding hydrogens is 292 g/mol. The lowest BCUT2D eigenvalue weighted by Crippen LogP contribution is -2.36. The first kappa shape index (κ1) is 15.5. The molecule has 0 fully saturated rings. The maximum Gasteiger partial charge on any atom is 0.349 e. The van der Waals surface area contributed by atoms with Crippen LogP contribution < -0.4 is 10.3 Å². The van der Waals surface area contributed by atoms with Crippen LogP contribution in [0.5, 0.6) is 0 Å². The van der Waals surface area contributed by atoms with E-state index in [9.17, 15) is 13.2 Å². The lowest BCUT2D eigenvalue weighted by Gasteiger charge is -2.10. The van der Waals surface area contributed by atoms with Crippen LogP contribution in [0.25, 0.3) is 0 Å². The lowest BCUT2D eigenvalue weighted by molar-refractivity contribution is -0.132. The Hall–Kier alpha value is -1.57. The van der Waals surface area contributed by atoms with Crippen LogP contribution in [0.1, 0.15) is 12.5 Å². The highest BCUT2D eigenvalue weighted by atomic mass is 35.5. The maximum absolute atomic E-state index is 11.9. The van der Waals surface area contributed by atoms with Crippen molar-refractivity contribution in [1.29, 1.82) is 0 Å². The molecule has 6 nitrogen and oxygen atoms in total. The summed E-state index contributed by atoms with van der Waals surface area (Å²) < 4.78 is 23.7. The summed E-state index contributed by atoms with van der Waals surface area (Å²) in [5, 5.41) is 8.13. The van der Waals surface area contributed by atoms with Gasteiger partial charge in [-0.2, -0.15) is 0 Å². The summed E-state index contributed by atoms with van der Waals surface area (Å²) in [6.45, 7) is 3.18. The van der Waals surface area contributed by atoms with E-state index < -0.39 is 21.0 Å². The molecule has 3 N–H and O–H groups in total. The van der Waals surface area contributed by atoms with E-state index in [1.54, 1.807) is 12.1 Å². The monoisotopic (exact) mass is 304 g/mol.